The zero-order valence-corrected chi connectivity index (χ0v) is 32.2. The number of hydrogen-bond acceptors (Lipinski definition) is 11. The van der Waals surface area contributed by atoms with Crippen LogP contribution in [0.5, 0.6) is 11.5 Å². The second-order valence-corrected chi connectivity index (χ2v) is 14.2. The molecular formula is C40H48N8O8. The van der Waals surface area contributed by atoms with Crippen LogP contribution in [0.3, 0.4) is 0 Å². The van der Waals surface area contributed by atoms with E-state index in [0.29, 0.717) is 47.7 Å². The van der Waals surface area contributed by atoms with Crippen molar-refractivity contribution in [1.82, 2.24) is 35.2 Å². The van der Waals surface area contributed by atoms with Crippen LogP contribution in [0.25, 0.3) is 22.0 Å². The van der Waals surface area contributed by atoms with Crippen LogP contribution in [-0.4, -0.2) is 101 Å². The number of nitrogens with zero attached hydrogens (tertiary/aromatic N) is 4. The molecule has 0 spiro atoms. The number of aromatic nitrogens is 3. The van der Waals surface area contributed by atoms with Crippen LogP contribution in [0.4, 0.5) is 5.69 Å². The summed E-state index contributed by atoms with van der Waals surface area (Å²) in [5, 5.41) is 16.1. The van der Waals surface area contributed by atoms with Crippen molar-refractivity contribution in [2.45, 2.75) is 64.0 Å². The highest BCUT2D eigenvalue weighted by atomic mass is 16.5. The third-order valence-electron chi connectivity index (χ3n) is 10.3. The summed E-state index contributed by atoms with van der Waals surface area (Å²) in [5.41, 5.74) is 3.72. The van der Waals surface area contributed by atoms with Gasteiger partial charge in [-0.25, -0.2) is 0 Å². The van der Waals surface area contributed by atoms with Gasteiger partial charge in [-0.2, -0.15) is 5.10 Å². The number of rotatable bonds is 18. The van der Waals surface area contributed by atoms with E-state index in [1.165, 1.54) is 4.57 Å². The fourth-order valence-corrected chi connectivity index (χ4v) is 7.37. The highest BCUT2D eigenvalue weighted by Gasteiger charge is 2.45. The van der Waals surface area contributed by atoms with Gasteiger partial charge in [-0.15, -0.1) is 0 Å². The second kappa shape index (κ2) is 17.6. The maximum Gasteiger partial charge on any atom is 0.276 e. The maximum absolute atomic E-state index is 13.3. The van der Waals surface area contributed by atoms with Crippen molar-refractivity contribution >= 4 is 46.1 Å². The topological polar surface area (TPSA) is 197 Å². The van der Waals surface area contributed by atoms with Crippen LogP contribution in [0.15, 0.2) is 47.5 Å². The van der Waals surface area contributed by atoms with E-state index < -0.39 is 29.7 Å². The van der Waals surface area contributed by atoms with Gasteiger partial charge >= 0.3 is 0 Å². The Hall–Kier alpha value is -6.03. The Morgan fingerprint density at radius 2 is 1.64 bits per heavy atom. The first-order valence-electron chi connectivity index (χ1n) is 18.8. The third-order valence-corrected chi connectivity index (χ3v) is 10.3. The van der Waals surface area contributed by atoms with Gasteiger partial charge in [-0.3, -0.25) is 49.0 Å². The number of hydrogen-bond donors (Lipinski definition) is 4. The van der Waals surface area contributed by atoms with E-state index in [4.69, 9.17) is 9.47 Å². The largest absolute Gasteiger partial charge is 0.496 e. The van der Waals surface area contributed by atoms with Crippen LogP contribution in [0.1, 0.15) is 77.6 Å². The van der Waals surface area contributed by atoms with Gasteiger partial charge in [0.05, 0.1) is 43.7 Å². The Morgan fingerprint density at radius 3 is 2.34 bits per heavy atom. The number of ether oxygens (including phenoxy) is 2. The standard InChI is InChI=1S/C40H48N8O8/c1-46(21-28-31(55-3)18-24(19-32(28)56-4)27-22-47(2)40(54)36-26(27)20-43-45-36)23-34(50)42-17-10-8-6-5-7-9-16-41-29-13-11-12-25-35(29)39(53)48(38(25)52)30-14-15-33(49)44-37(30)51/h11-13,18-20,22,30,41H,5-10,14-17,21,23H2,1-4H3,(H,42,50)(H,43,45)(H,44,49,51). The van der Waals surface area contributed by atoms with Gasteiger partial charge < -0.3 is 24.7 Å². The molecule has 56 heavy (non-hydrogen) atoms. The first-order chi connectivity index (χ1) is 27.0. The molecule has 0 radical (unpaired) electrons. The molecule has 2 aliphatic rings. The number of pyridine rings is 1. The Bertz CT molecular complexity index is 2190. The minimum Gasteiger partial charge on any atom is -0.496 e. The van der Waals surface area contributed by atoms with Gasteiger partial charge in [0, 0.05) is 55.9 Å². The molecule has 2 aromatic carbocycles. The number of methoxy groups -OCH3 is 2. The van der Waals surface area contributed by atoms with Gasteiger partial charge in [-0.05, 0) is 56.1 Å². The molecule has 0 bridgehead atoms. The smallest absolute Gasteiger partial charge is 0.276 e. The average Bonchev–Trinajstić information content (AvgIpc) is 3.77. The molecule has 2 aromatic heterocycles. The molecule has 4 heterocycles. The van der Waals surface area contributed by atoms with Crippen LogP contribution in [0, 0.1) is 0 Å². The molecule has 4 N–H and O–H groups in total. The number of likely N-dealkylation sites (N-methyl/N-ethyl adjacent to an activating group) is 1. The van der Waals surface area contributed by atoms with Crippen molar-refractivity contribution in [3.8, 4) is 22.6 Å². The van der Waals surface area contributed by atoms with E-state index in [1.54, 1.807) is 51.9 Å². The SMILES string of the molecule is COc1cc(-c2cn(C)c(=O)c3[nH]ncc23)cc(OC)c1CN(C)CC(=O)NCCCCCCCCNc1cccc2c1C(=O)N(C1CCC(=O)NC1=O)C2=O. The number of benzene rings is 2. The van der Waals surface area contributed by atoms with Crippen LogP contribution in [0.2, 0.25) is 0 Å². The predicted molar refractivity (Wildman–Crippen MR) is 209 cm³/mol. The number of fused-ring (bicyclic) bond motifs is 2. The predicted octanol–water partition coefficient (Wildman–Crippen LogP) is 3.35. The summed E-state index contributed by atoms with van der Waals surface area (Å²) in [4.78, 5) is 78.5. The van der Waals surface area contributed by atoms with E-state index in [-0.39, 0.29) is 42.0 Å². The number of unbranched alkanes of at least 4 members (excludes halogenated alkanes) is 5. The number of nitrogens with one attached hydrogen (secondary N) is 4. The van der Waals surface area contributed by atoms with Gasteiger partial charge in [0.25, 0.3) is 17.4 Å². The summed E-state index contributed by atoms with van der Waals surface area (Å²) in [5.74, 6) is -0.961. The van der Waals surface area contributed by atoms with Gasteiger partial charge in [0.15, 0.2) is 0 Å². The molecule has 1 saturated heterocycles. The van der Waals surface area contributed by atoms with Crippen LogP contribution >= 0.6 is 0 Å². The molecule has 0 saturated carbocycles. The zero-order chi connectivity index (χ0) is 39.9. The molecule has 1 fully saturated rings. The molecule has 16 heteroatoms. The quantitative estimate of drug-likeness (QED) is 0.0856. The summed E-state index contributed by atoms with van der Waals surface area (Å²) in [6.07, 6.45) is 9.30. The number of aromatic amines is 1. The summed E-state index contributed by atoms with van der Waals surface area (Å²) in [6, 6.07) is 7.85. The average molecular weight is 769 g/mol. The molecule has 6 rings (SSSR count). The van der Waals surface area contributed by atoms with E-state index >= 15 is 0 Å². The monoisotopic (exact) mass is 768 g/mol. The lowest BCUT2D eigenvalue weighted by atomic mass is 10.0. The highest BCUT2D eigenvalue weighted by Crippen LogP contribution is 2.38. The summed E-state index contributed by atoms with van der Waals surface area (Å²) >= 11 is 0. The van der Waals surface area contributed by atoms with E-state index in [1.807, 2.05) is 24.1 Å². The molecular weight excluding hydrogens is 720 g/mol. The lowest BCUT2D eigenvalue weighted by Crippen LogP contribution is -2.54. The Morgan fingerprint density at radius 1 is 0.946 bits per heavy atom. The van der Waals surface area contributed by atoms with Crippen molar-refractivity contribution in [2.24, 2.45) is 7.05 Å². The molecule has 1 atom stereocenters. The number of carbonyl (C=O) groups is 5. The molecule has 16 nitrogen and oxygen atoms in total. The van der Waals surface area contributed by atoms with Crippen LogP contribution < -0.4 is 31.0 Å². The van der Waals surface area contributed by atoms with E-state index in [0.717, 1.165) is 60.1 Å². The normalized spacial score (nSPS) is 15.4. The number of anilines is 1. The van der Waals surface area contributed by atoms with Gasteiger partial charge in [0.1, 0.15) is 23.1 Å². The first kappa shape index (κ1) is 39.7. The van der Waals surface area contributed by atoms with Gasteiger partial charge in [-0.1, -0.05) is 31.7 Å². The van der Waals surface area contributed by atoms with Gasteiger partial charge in [0.2, 0.25) is 17.7 Å². The van der Waals surface area contributed by atoms with Crippen molar-refractivity contribution in [1.29, 1.82) is 0 Å². The zero-order valence-electron chi connectivity index (χ0n) is 32.2. The van der Waals surface area contributed by atoms with E-state index in [9.17, 15) is 28.8 Å². The number of aryl methyl sites for hydroxylation is 1. The highest BCUT2D eigenvalue weighted by molar-refractivity contribution is 6.25. The number of imide groups is 2. The van der Waals surface area contributed by atoms with Crippen molar-refractivity contribution in [2.75, 3.05) is 46.2 Å². The Balaban J connectivity index is 0.893. The molecule has 296 valence electrons. The number of H-pyrrole nitrogens is 1. The molecule has 0 aliphatic carbocycles. The minimum absolute atomic E-state index is 0.0743. The Kier molecular flexibility index (Phi) is 12.5. The van der Waals surface area contributed by atoms with Crippen LogP contribution in [-0.2, 0) is 28.0 Å². The summed E-state index contributed by atoms with van der Waals surface area (Å²) < 4.78 is 13.0. The fourth-order valence-electron chi connectivity index (χ4n) is 7.37. The maximum atomic E-state index is 13.3. The molecule has 5 amide bonds. The molecule has 1 unspecified atom stereocenters. The van der Waals surface area contributed by atoms with Crippen molar-refractivity contribution < 1.29 is 33.4 Å². The fraction of sp³-hybridized carbons (Fsp3) is 0.425. The number of amides is 5. The third kappa shape index (κ3) is 8.44. The van der Waals surface area contributed by atoms with Crippen molar-refractivity contribution in [3.05, 3.63) is 69.8 Å². The summed E-state index contributed by atoms with van der Waals surface area (Å²) in [6.45, 7) is 1.80. The lowest BCUT2D eigenvalue weighted by molar-refractivity contribution is -0.136. The first-order valence-corrected chi connectivity index (χ1v) is 18.8. The number of carbonyl (C=O) groups excluding carboxylic acids is 5. The molecule has 4 aromatic rings. The lowest BCUT2D eigenvalue weighted by Gasteiger charge is -2.27. The molecule has 2 aliphatic heterocycles. The van der Waals surface area contributed by atoms with E-state index in [2.05, 4.69) is 26.1 Å². The second-order valence-electron chi connectivity index (χ2n) is 14.2. The van der Waals surface area contributed by atoms with Crippen molar-refractivity contribution in [3.63, 3.8) is 0 Å². The summed E-state index contributed by atoms with van der Waals surface area (Å²) in [7, 11) is 6.73. The number of piperidine rings is 1. The minimum atomic E-state index is -0.997. The Labute approximate surface area is 323 Å².